The fourth-order valence-corrected chi connectivity index (χ4v) is 13.3. The molecule has 1 aromatic heterocycles. The van der Waals surface area contributed by atoms with E-state index in [0.717, 1.165) is 68.0 Å². The highest BCUT2D eigenvalue weighted by atomic mass is 16.5. The summed E-state index contributed by atoms with van der Waals surface area (Å²) in [7, 11) is 0. The Balaban J connectivity index is 1.09. The molecule has 1 heterocycles. The van der Waals surface area contributed by atoms with Crippen molar-refractivity contribution in [1.29, 1.82) is 0 Å². The van der Waals surface area contributed by atoms with Gasteiger partial charge in [-0.05, 0) is 135 Å². The van der Waals surface area contributed by atoms with Crippen LogP contribution in [0.2, 0.25) is 0 Å². The van der Waals surface area contributed by atoms with E-state index in [0.29, 0.717) is 32.4 Å². The minimum atomic E-state index is -0.816. The Morgan fingerprint density at radius 2 is 1.65 bits per heavy atom. The van der Waals surface area contributed by atoms with Gasteiger partial charge in [-0.1, -0.05) is 65.3 Å². The van der Waals surface area contributed by atoms with Gasteiger partial charge in [0.05, 0.1) is 18.4 Å². The summed E-state index contributed by atoms with van der Waals surface area (Å²) in [6, 6.07) is 10.2. The number of aromatic nitrogens is 1. The van der Waals surface area contributed by atoms with E-state index in [-0.39, 0.29) is 75.1 Å². The molecule has 4 fully saturated rings. The van der Waals surface area contributed by atoms with Crippen LogP contribution in [0.4, 0.5) is 0 Å². The number of hydrogen-bond acceptors (Lipinski definition) is 6. The second-order valence-corrected chi connectivity index (χ2v) is 19.9. The highest BCUT2D eigenvalue weighted by Gasteiger charge is 2.70. The number of hydrogen-bond donors (Lipinski definition) is 1. The summed E-state index contributed by atoms with van der Waals surface area (Å²) in [6.45, 7) is 18.6. The zero-order chi connectivity index (χ0) is 39.1. The Hall–Kier alpha value is -3.42. The Morgan fingerprint density at radius 1 is 0.926 bits per heavy atom. The third-order valence-electron chi connectivity index (χ3n) is 16.6. The molecule has 9 atom stereocenters. The zero-order valence-electron chi connectivity index (χ0n) is 34.0. The van der Waals surface area contributed by atoms with Crippen LogP contribution < -0.4 is 0 Å². The van der Waals surface area contributed by atoms with Gasteiger partial charge in [-0.3, -0.25) is 19.2 Å². The van der Waals surface area contributed by atoms with E-state index in [1.54, 1.807) is 0 Å². The summed E-state index contributed by atoms with van der Waals surface area (Å²) in [5, 5.41) is 10.4. The maximum Gasteiger partial charge on any atom is 0.311 e. The van der Waals surface area contributed by atoms with Gasteiger partial charge in [0.15, 0.2) is 5.78 Å². The van der Waals surface area contributed by atoms with Crippen molar-refractivity contribution < 1.29 is 33.8 Å². The Bertz CT molecular complexity index is 1890. The minimum absolute atomic E-state index is 0.0294. The monoisotopic (exact) mass is 741 g/mol. The third kappa shape index (κ3) is 5.98. The topological polar surface area (TPSA) is 112 Å². The van der Waals surface area contributed by atoms with Crippen LogP contribution in [0.25, 0.3) is 10.9 Å². The van der Waals surface area contributed by atoms with Crippen LogP contribution in [0.5, 0.6) is 0 Å². The van der Waals surface area contributed by atoms with Crippen molar-refractivity contribution in [1.82, 2.24) is 4.57 Å². The maximum atomic E-state index is 14.8. The van der Waals surface area contributed by atoms with Crippen LogP contribution >= 0.6 is 0 Å². The molecule has 5 aliphatic carbocycles. The number of carboxylic acid groups (broad SMARTS) is 1. The van der Waals surface area contributed by atoms with E-state index >= 15 is 0 Å². The average molecular weight is 742 g/mol. The molecular formula is C46H63NO7. The molecule has 1 aromatic carbocycles. The van der Waals surface area contributed by atoms with Crippen LogP contribution in [0.3, 0.4) is 0 Å². The van der Waals surface area contributed by atoms with Crippen molar-refractivity contribution in [3.8, 4) is 0 Å². The molecule has 0 spiro atoms. The number of benzene rings is 1. The first-order chi connectivity index (χ1) is 25.3. The average Bonchev–Trinajstić information content (AvgIpc) is 3.45. The van der Waals surface area contributed by atoms with E-state index in [9.17, 15) is 24.3 Å². The Kier molecular flexibility index (Phi) is 9.61. The van der Waals surface area contributed by atoms with E-state index in [1.807, 2.05) is 18.2 Å². The number of ether oxygens (including phenoxy) is 2. The number of nitrogens with zero attached hydrogens (tertiary/aromatic N) is 1. The van der Waals surface area contributed by atoms with Gasteiger partial charge in [-0.15, -0.1) is 0 Å². The molecule has 8 nitrogen and oxygen atoms in total. The van der Waals surface area contributed by atoms with Gasteiger partial charge >= 0.3 is 17.9 Å². The first-order valence-electron chi connectivity index (χ1n) is 20.7. The molecule has 294 valence electrons. The normalized spacial score (nSPS) is 38.3. The molecule has 8 heteroatoms. The van der Waals surface area contributed by atoms with E-state index in [4.69, 9.17) is 9.47 Å². The van der Waals surface area contributed by atoms with Gasteiger partial charge in [0, 0.05) is 36.0 Å². The number of fused-ring (bicyclic) bond motifs is 8. The second-order valence-electron chi connectivity index (χ2n) is 19.9. The van der Waals surface area contributed by atoms with Gasteiger partial charge in [0.25, 0.3) is 0 Å². The highest BCUT2D eigenvalue weighted by Crippen LogP contribution is 2.75. The van der Waals surface area contributed by atoms with Gasteiger partial charge in [0.1, 0.15) is 6.10 Å². The van der Waals surface area contributed by atoms with Crippen molar-refractivity contribution in [2.75, 3.05) is 6.61 Å². The largest absolute Gasteiger partial charge is 0.481 e. The molecular weight excluding hydrogens is 679 g/mol. The Labute approximate surface area is 321 Å². The summed E-state index contributed by atoms with van der Waals surface area (Å²) >= 11 is 0. The number of carbonyl (C=O) groups excluding carboxylic acids is 3. The molecule has 4 saturated carbocycles. The minimum Gasteiger partial charge on any atom is -0.481 e. The molecule has 5 aliphatic rings. The molecule has 0 saturated heterocycles. The molecule has 7 rings (SSSR count). The molecule has 0 amide bonds. The van der Waals surface area contributed by atoms with Crippen molar-refractivity contribution >= 4 is 34.6 Å². The number of rotatable bonds is 9. The van der Waals surface area contributed by atoms with Gasteiger partial charge in [0.2, 0.25) is 0 Å². The molecule has 54 heavy (non-hydrogen) atoms. The van der Waals surface area contributed by atoms with Gasteiger partial charge in [-0.2, -0.15) is 0 Å². The molecule has 0 radical (unpaired) electrons. The SMILES string of the molecule is CC(=O)O[C@H]1CC[C@]2(C)[C@H]3C(=O)C=C4[C@@H]5C[C@@](C)(C(=O)OCCCn6c(CCC(=O)O)cc7ccccc76)CC[C@]5(C)CC[C@@]4(C)[C@]3(C)CC[C@H]2C1(C)C. The van der Waals surface area contributed by atoms with Gasteiger partial charge < -0.3 is 19.1 Å². The van der Waals surface area contributed by atoms with Crippen LogP contribution in [0, 0.1) is 50.2 Å². The number of aliphatic carboxylic acids is 1. The summed E-state index contributed by atoms with van der Waals surface area (Å²) < 4.78 is 14.2. The predicted molar refractivity (Wildman–Crippen MR) is 208 cm³/mol. The summed E-state index contributed by atoms with van der Waals surface area (Å²) in [6.07, 6.45) is 11.2. The lowest BCUT2D eigenvalue weighted by Gasteiger charge is -2.70. The lowest BCUT2D eigenvalue weighted by Crippen LogP contribution is -2.66. The van der Waals surface area contributed by atoms with Crippen LogP contribution in [0.15, 0.2) is 42.0 Å². The Morgan fingerprint density at radius 3 is 2.37 bits per heavy atom. The predicted octanol–water partition coefficient (Wildman–Crippen LogP) is 9.50. The number of aryl methyl sites for hydroxylation is 2. The van der Waals surface area contributed by atoms with Crippen molar-refractivity contribution in [3.05, 3.63) is 47.7 Å². The second kappa shape index (κ2) is 13.4. The van der Waals surface area contributed by atoms with Crippen molar-refractivity contribution in [3.63, 3.8) is 0 Å². The highest BCUT2D eigenvalue weighted by molar-refractivity contribution is 5.96. The quantitative estimate of drug-likeness (QED) is 0.201. The van der Waals surface area contributed by atoms with Crippen molar-refractivity contribution in [2.45, 2.75) is 145 Å². The van der Waals surface area contributed by atoms with E-state index < -0.39 is 11.4 Å². The molecule has 1 N–H and O–H groups in total. The molecule has 0 aliphatic heterocycles. The number of esters is 2. The number of carbonyl (C=O) groups is 4. The van der Waals surface area contributed by atoms with Crippen LogP contribution in [0.1, 0.15) is 132 Å². The molecule has 2 aromatic rings. The zero-order valence-corrected chi connectivity index (χ0v) is 34.0. The smallest absolute Gasteiger partial charge is 0.311 e. The van der Waals surface area contributed by atoms with Crippen LogP contribution in [-0.4, -0.2) is 46.1 Å². The number of allylic oxidation sites excluding steroid dienone is 2. The fraction of sp³-hybridized carbons (Fsp3) is 0.696. The van der Waals surface area contributed by atoms with E-state index in [1.165, 1.54) is 12.5 Å². The summed E-state index contributed by atoms with van der Waals surface area (Å²) in [5.41, 5.74) is 1.95. The lowest BCUT2D eigenvalue weighted by atomic mass is 9.33. The standard InChI is InChI=1S/C46H63NO7/c1-29(48)54-37-17-18-44(6)36(41(37,2)3)16-19-46(8)39(44)35(49)27-32-33-28-43(5,21-20-42(33,4)22-23-45(32,46)7)40(52)53-25-11-24-47-31(14-15-38(50)51)26-30-12-9-10-13-34(30)47/h9-10,12-13,26-27,33,36-37,39H,11,14-25,28H2,1-8H3,(H,50,51)/t33-,36-,37-,39+,42+,43-,44-,45+,46+/m0/s1. The third-order valence-corrected chi connectivity index (χ3v) is 16.6. The number of ketones is 1. The number of carboxylic acids is 1. The van der Waals surface area contributed by atoms with Crippen molar-refractivity contribution in [2.24, 2.45) is 50.2 Å². The molecule has 0 unspecified atom stereocenters. The van der Waals surface area contributed by atoms with Crippen LogP contribution in [-0.2, 0) is 41.6 Å². The molecule has 0 bridgehead atoms. The number of para-hydroxylation sites is 1. The first-order valence-corrected chi connectivity index (χ1v) is 20.7. The van der Waals surface area contributed by atoms with E-state index in [2.05, 4.69) is 71.2 Å². The van der Waals surface area contributed by atoms with Gasteiger partial charge in [-0.25, -0.2) is 0 Å². The first kappa shape index (κ1) is 38.8. The summed E-state index contributed by atoms with van der Waals surface area (Å²) in [5.74, 6) is -0.615. The fourth-order valence-electron chi connectivity index (χ4n) is 13.3. The maximum absolute atomic E-state index is 14.8. The lowest BCUT2D eigenvalue weighted by molar-refractivity contribution is -0.210. The summed E-state index contributed by atoms with van der Waals surface area (Å²) in [4.78, 5) is 52.3.